The summed E-state index contributed by atoms with van der Waals surface area (Å²) in [6.07, 6.45) is 1.62. The van der Waals surface area contributed by atoms with E-state index in [2.05, 4.69) is 0 Å². The summed E-state index contributed by atoms with van der Waals surface area (Å²) in [6.45, 7) is 1.73. The molecule has 0 atom stereocenters. The first-order valence-electron chi connectivity index (χ1n) is 5.54. The van der Waals surface area contributed by atoms with Gasteiger partial charge in [0.2, 0.25) is 0 Å². The molecule has 1 aromatic carbocycles. The van der Waals surface area contributed by atoms with E-state index < -0.39 is 0 Å². The van der Waals surface area contributed by atoms with Crippen LogP contribution in [-0.2, 0) is 0 Å². The van der Waals surface area contributed by atoms with Gasteiger partial charge < -0.3 is 4.74 Å². The van der Waals surface area contributed by atoms with E-state index >= 15 is 0 Å². The first-order valence-corrected chi connectivity index (χ1v) is 5.92. The average molecular weight is 275 g/mol. The highest BCUT2D eigenvalue weighted by molar-refractivity contribution is 6.32. The van der Waals surface area contributed by atoms with E-state index in [-0.39, 0.29) is 11.1 Å². The SMILES string of the molecule is COc1ccc(-n2ccc(C)c(C#N)c2=O)cc1Cl. The molecule has 96 valence electrons. The number of aryl methyl sites for hydroxylation is 1. The smallest absolute Gasteiger partial charge is 0.273 e. The highest BCUT2D eigenvalue weighted by Crippen LogP contribution is 2.26. The largest absolute Gasteiger partial charge is 0.495 e. The van der Waals surface area contributed by atoms with E-state index in [9.17, 15) is 4.79 Å². The molecule has 0 aliphatic rings. The molecule has 0 N–H and O–H groups in total. The highest BCUT2D eigenvalue weighted by Gasteiger charge is 2.09. The maximum atomic E-state index is 12.2. The van der Waals surface area contributed by atoms with Crippen molar-refractivity contribution >= 4 is 11.6 Å². The molecule has 0 aliphatic carbocycles. The van der Waals surface area contributed by atoms with Gasteiger partial charge in [-0.15, -0.1) is 0 Å². The lowest BCUT2D eigenvalue weighted by molar-refractivity contribution is 0.415. The van der Waals surface area contributed by atoms with Gasteiger partial charge in [-0.25, -0.2) is 0 Å². The summed E-state index contributed by atoms with van der Waals surface area (Å²) in [5, 5.41) is 9.41. The van der Waals surface area contributed by atoms with Gasteiger partial charge in [-0.05, 0) is 36.8 Å². The Morgan fingerprint density at radius 2 is 2.11 bits per heavy atom. The highest BCUT2D eigenvalue weighted by atomic mass is 35.5. The van der Waals surface area contributed by atoms with Crippen LogP contribution in [0.25, 0.3) is 5.69 Å². The third-order valence-corrected chi connectivity index (χ3v) is 3.12. The van der Waals surface area contributed by atoms with Crippen LogP contribution in [0.4, 0.5) is 0 Å². The lowest BCUT2D eigenvalue weighted by Gasteiger charge is -2.09. The van der Waals surface area contributed by atoms with Gasteiger partial charge in [-0.1, -0.05) is 11.6 Å². The molecular formula is C14H11ClN2O2. The number of pyridine rings is 1. The zero-order valence-electron chi connectivity index (χ0n) is 10.5. The lowest BCUT2D eigenvalue weighted by Crippen LogP contribution is -2.21. The van der Waals surface area contributed by atoms with Crippen LogP contribution >= 0.6 is 11.6 Å². The minimum atomic E-state index is -0.358. The number of methoxy groups -OCH3 is 1. The molecule has 1 aromatic heterocycles. The normalized spacial score (nSPS) is 10.0. The Bertz CT molecular complexity index is 729. The van der Waals surface area contributed by atoms with Crippen molar-refractivity contribution in [3.05, 3.63) is 57.0 Å². The predicted octanol–water partition coefficient (Wildman–Crippen LogP) is 2.68. The number of nitriles is 1. The van der Waals surface area contributed by atoms with Crippen LogP contribution in [0, 0.1) is 18.3 Å². The molecule has 2 aromatic rings. The number of nitrogens with zero attached hydrogens (tertiary/aromatic N) is 2. The Morgan fingerprint density at radius 1 is 1.37 bits per heavy atom. The van der Waals surface area contributed by atoms with Gasteiger partial charge in [0.15, 0.2) is 0 Å². The molecular weight excluding hydrogens is 264 g/mol. The zero-order chi connectivity index (χ0) is 14.0. The van der Waals surface area contributed by atoms with Crippen molar-refractivity contribution in [3.63, 3.8) is 0 Å². The lowest BCUT2D eigenvalue weighted by atomic mass is 10.1. The van der Waals surface area contributed by atoms with Gasteiger partial charge in [0.05, 0.1) is 17.8 Å². The summed E-state index contributed by atoms with van der Waals surface area (Å²) in [6, 6.07) is 8.65. The molecule has 2 rings (SSSR count). The maximum absolute atomic E-state index is 12.2. The fourth-order valence-electron chi connectivity index (χ4n) is 1.77. The molecule has 0 fully saturated rings. The Labute approximate surface area is 115 Å². The first-order chi connectivity index (χ1) is 9.08. The van der Waals surface area contributed by atoms with E-state index in [4.69, 9.17) is 21.6 Å². The van der Waals surface area contributed by atoms with Crippen LogP contribution in [0.3, 0.4) is 0 Å². The Hall–Kier alpha value is -2.25. The second-order valence-corrected chi connectivity index (χ2v) is 4.39. The third-order valence-electron chi connectivity index (χ3n) is 2.83. The summed E-state index contributed by atoms with van der Waals surface area (Å²) < 4.78 is 6.44. The average Bonchev–Trinajstić information content (AvgIpc) is 2.39. The fourth-order valence-corrected chi connectivity index (χ4v) is 2.02. The van der Waals surface area contributed by atoms with E-state index in [1.54, 1.807) is 37.4 Å². The van der Waals surface area contributed by atoms with Crippen LogP contribution < -0.4 is 10.3 Å². The van der Waals surface area contributed by atoms with Gasteiger partial charge in [-0.3, -0.25) is 9.36 Å². The molecule has 0 spiro atoms. The first kappa shape index (κ1) is 13.2. The Morgan fingerprint density at radius 3 is 2.68 bits per heavy atom. The second kappa shape index (κ2) is 5.17. The molecule has 0 saturated carbocycles. The van der Waals surface area contributed by atoms with Gasteiger partial charge in [0, 0.05) is 6.20 Å². The monoisotopic (exact) mass is 274 g/mol. The van der Waals surface area contributed by atoms with Gasteiger partial charge >= 0.3 is 0 Å². The number of hydrogen-bond donors (Lipinski definition) is 0. The number of ether oxygens (including phenoxy) is 1. The van der Waals surface area contributed by atoms with Crippen molar-refractivity contribution in [1.29, 1.82) is 5.26 Å². The van der Waals surface area contributed by atoms with Crippen LogP contribution in [0.1, 0.15) is 11.1 Å². The summed E-state index contributed by atoms with van der Waals surface area (Å²) in [7, 11) is 1.52. The van der Waals surface area contributed by atoms with Gasteiger partial charge in [-0.2, -0.15) is 5.26 Å². The van der Waals surface area contributed by atoms with Crippen LogP contribution in [-0.4, -0.2) is 11.7 Å². The number of benzene rings is 1. The van der Waals surface area contributed by atoms with Crippen molar-refractivity contribution in [3.8, 4) is 17.5 Å². The van der Waals surface area contributed by atoms with Crippen molar-refractivity contribution in [2.75, 3.05) is 7.11 Å². The molecule has 4 nitrogen and oxygen atoms in total. The van der Waals surface area contributed by atoms with Gasteiger partial charge in [0.25, 0.3) is 5.56 Å². The second-order valence-electron chi connectivity index (χ2n) is 3.98. The van der Waals surface area contributed by atoms with Crippen molar-refractivity contribution in [2.45, 2.75) is 6.92 Å². The van der Waals surface area contributed by atoms with Crippen LogP contribution in [0.2, 0.25) is 5.02 Å². The van der Waals surface area contributed by atoms with E-state index in [1.165, 1.54) is 11.7 Å². The maximum Gasteiger partial charge on any atom is 0.273 e. The summed E-state index contributed by atoms with van der Waals surface area (Å²) in [5.41, 5.74) is 1.02. The molecule has 0 amide bonds. The minimum Gasteiger partial charge on any atom is -0.495 e. The molecule has 5 heteroatoms. The zero-order valence-corrected chi connectivity index (χ0v) is 11.2. The van der Waals surface area contributed by atoms with E-state index in [0.29, 0.717) is 22.0 Å². The Kier molecular flexibility index (Phi) is 3.59. The Balaban J connectivity index is 2.64. The summed E-state index contributed by atoms with van der Waals surface area (Å²) >= 11 is 6.03. The molecule has 0 saturated heterocycles. The number of halogens is 1. The molecule has 0 bridgehead atoms. The molecule has 0 unspecified atom stereocenters. The van der Waals surface area contributed by atoms with Crippen molar-refractivity contribution in [2.24, 2.45) is 0 Å². The minimum absolute atomic E-state index is 0.134. The van der Waals surface area contributed by atoms with E-state index in [1.807, 2.05) is 6.07 Å². The van der Waals surface area contributed by atoms with E-state index in [0.717, 1.165) is 0 Å². The quantitative estimate of drug-likeness (QED) is 0.846. The van der Waals surface area contributed by atoms with Crippen molar-refractivity contribution < 1.29 is 4.74 Å². The molecule has 0 radical (unpaired) electrons. The number of aromatic nitrogens is 1. The number of hydrogen-bond acceptors (Lipinski definition) is 3. The van der Waals surface area contributed by atoms with Gasteiger partial charge in [0.1, 0.15) is 17.4 Å². The molecule has 1 heterocycles. The fraction of sp³-hybridized carbons (Fsp3) is 0.143. The predicted molar refractivity (Wildman–Crippen MR) is 73.1 cm³/mol. The summed E-state index contributed by atoms with van der Waals surface area (Å²) in [5.74, 6) is 0.533. The van der Waals surface area contributed by atoms with Crippen LogP contribution in [0.15, 0.2) is 35.3 Å². The summed E-state index contributed by atoms with van der Waals surface area (Å²) in [4.78, 5) is 12.2. The standard InChI is InChI=1S/C14H11ClN2O2/c1-9-5-6-17(14(18)11(9)8-16)10-3-4-13(19-2)12(15)7-10/h3-7H,1-2H3. The number of rotatable bonds is 2. The van der Waals surface area contributed by atoms with Crippen LogP contribution in [0.5, 0.6) is 5.75 Å². The molecule has 0 aliphatic heterocycles. The van der Waals surface area contributed by atoms with Crippen molar-refractivity contribution in [1.82, 2.24) is 4.57 Å². The molecule has 19 heavy (non-hydrogen) atoms. The topological polar surface area (TPSA) is 55.0 Å². The third kappa shape index (κ3) is 2.33.